The summed E-state index contributed by atoms with van der Waals surface area (Å²) in [7, 11) is -3.61. The van der Waals surface area contributed by atoms with Gasteiger partial charge in [0.25, 0.3) is 10.0 Å². The fraction of sp³-hybridized carbons (Fsp3) is 0.412. The van der Waals surface area contributed by atoms with Gasteiger partial charge in [0.2, 0.25) is 11.9 Å². The number of carbonyl (C=O) groups excluding carboxylic acids is 1. The van der Waals surface area contributed by atoms with Crippen LogP contribution in [0.5, 0.6) is 0 Å². The summed E-state index contributed by atoms with van der Waals surface area (Å²) < 4.78 is 41.0. The van der Waals surface area contributed by atoms with Crippen molar-refractivity contribution in [2.24, 2.45) is 0 Å². The Balaban J connectivity index is 1.71. The van der Waals surface area contributed by atoms with Crippen molar-refractivity contribution >= 4 is 33.1 Å². The zero-order valence-corrected chi connectivity index (χ0v) is 16.7. The number of amides is 1. The van der Waals surface area contributed by atoms with Crippen molar-refractivity contribution in [2.75, 3.05) is 24.5 Å². The average molecular weight is 413 g/mol. The number of nitrogens with zero attached hydrogens (tertiary/aromatic N) is 3. The standard InChI is InChI=1S/C17H21FN4O3S2/c1-12-11-21(8-9-22(12)16-5-3-4-15(18)20-16)27(24,25)17-7-6-14(26-17)10-19-13(2)23/h3-7,12H,8-11H2,1-2H3,(H,19,23). The Hall–Kier alpha value is -2.04. The molecule has 1 saturated heterocycles. The van der Waals surface area contributed by atoms with Crippen LogP contribution in [0.25, 0.3) is 0 Å². The monoisotopic (exact) mass is 412 g/mol. The maximum absolute atomic E-state index is 13.4. The molecule has 1 atom stereocenters. The predicted octanol–water partition coefficient (Wildman–Crippen LogP) is 1.82. The van der Waals surface area contributed by atoms with E-state index in [1.54, 1.807) is 24.3 Å². The Kier molecular flexibility index (Phi) is 5.78. The van der Waals surface area contributed by atoms with Gasteiger partial charge >= 0.3 is 0 Å². The highest BCUT2D eigenvalue weighted by molar-refractivity contribution is 7.91. The van der Waals surface area contributed by atoms with Crippen molar-refractivity contribution in [3.05, 3.63) is 41.2 Å². The van der Waals surface area contributed by atoms with Gasteiger partial charge in [0, 0.05) is 37.5 Å². The first-order valence-corrected chi connectivity index (χ1v) is 10.8. The third-order valence-electron chi connectivity index (χ3n) is 4.33. The summed E-state index contributed by atoms with van der Waals surface area (Å²) in [6.45, 7) is 4.64. The second-order valence-corrected chi connectivity index (χ2v) is 9.69. The van der Waals surface area contributed by atoms with E-state index in [1.165, 1.54) is 17.3 Å². The fourth-order valence-electron chi connectivity index (χ4n) is 2.97. The van der Waals surface area contributed by atoms with Crippen molar-refractivity contribution in [3.63, 3.8) is 0 Å². The van der Waals surface area contributed by atoms with E-state index >= 15 is 0 Å². The molecule has 2 aromatic rings. The molecule has 1 fully saturated rings. The van der Waals surface area contributed by atoms with Crippen LogP contribution in [0, 0.1) is 5.95 Å². The molecule has 2 aromatic heterocycles. The minimum atomic E-state index is -3.61. The van der Waals surface area contributed by atoms with E-state index in [9.17, 15) is 17.6 Å². The summed E-state index contributed by atoms with van der Waals surface area (Å²) in [5, 5.41) is 2.66. The molecule has 1 amide bonds. The number of halogens is 1. The number of aromatic nitrogens is 1. The number of anilines is 1. The smallest absolute Gasteiger partial charge is 0.252 e. The van der Waals surface area contributed by atoms with Gasteiger partial charge in [-0.3, -0.25) is 4.79 Å². The summed E-state index contributed by atoms with van der Waals surface area (Å²) in [4.78, 5) is 17.6. The molecule has 1 N–H and O–H groups in total. The van der Waals surface area contributed by atoms with Gasteiger partial charge in [-0.2, -0.15) is 8.70 Å². The van der Waals surface area contributed by atoms with Crippen molar-refractivity contribution in [2.45, 2.75) is 30.6 Å². The molecular formula is C17H21FN4O3S2. The van der Waals surface area contributed by atoms with Crippen LogP contribution in [0.3, 0.4) is 0 Å². The lowest BCUT2D eigenvalue weighted by Gasteiger charge is -2.39. The molecule has 0 aromatic carbocycles. The van der Waals surface area contributed by atoms with Crippen LogP contribution in [-0.2, 0) is 21.4 Å². The van der Waals surface area contributed by atoms with Crippen LogP contribution in [0.4, 0.5) is 10.2 Å². The highest BCUT2D eigenvalue weighted by Crippen LogP contribution is 2.28. The molecule has 7 nitrogen and oxygen atoms in total. The number of pyridine rings is 1. The third kappa shape index (κ3) is 4.45. The number of thiophene rings is 1. The van der Waals surface area contributed by atoms with Gasteiger partial charge < -0.3 is 10.2 Å². The largest absolute Gasteiger partial charge is 0.351 e. The molecule has 10 heteroatoms. The molecule has 0 spiro atoms. The topological polar surface area (TPSA) is 82.6 Å². The predicted molar refractivity (Wildman–Crippen MR) is 102 cm³/mol. The first-order chi connectivity index (χ1) is 12.8. The van der Waals surface area contributed by atoms with Crippen molar-refractivity contribution in [3.8, 4) is 0 Å². The van der Waals surface area contributed by atoms with Crippen molar-refractivity contribution < 1.29 is 17.6 Å². The Morgan fingerprint density at radius 1 is 1.33 bits per heavy atom. The summed E-state index contributed by atoms with van der Waals surface area (Å²) in [6.07, 6.45) is 0. The number of sulfonamides is 1. The van der Waals surface area contributed by atoms with E-state index in [2.05, 4.69) is 10.3 Å². The first kappa shape index (κ1) is 19.7. The van der Waals surface area contributed by atoms with Gasteiger partial charge in [0.1, 0.15) is 10.0 Å². The van der Waals surface area contributed by atoms with Crippen LogP contribution in [-0.4, -0.2) is 49.3 Å². The molecule has 146 valence electrons. The maximum Gasteiger partial charge on any atom is 0.252 e. The Bertz CT molecular complexity index is 932. The number of rotatable bonds is 5. The Morgan fingerprint density at radius 3 is 2.78 bits per heavy atom. The molecule has 27 heavy (non-hydrogen) atoms. The van der Waals surface area contributed by atoms with Crippen LogP contribution in [0.2, 0.25) is 0 Å². The van der Waals surface area contributed by atoms with Gasteiger partial charge in [-0.25, -0.2) is 13.4 Å². The lowest BCUT2D eigenvalue weighted by Crippen LogP contribution is -2.53. The SMILES string of the molecule is CC(=O)NCc1ccc(S(=O)(=O)N2CCN(c3cccc(F)n3)C(C)C2)s1. The fourth-order valence-corrected chi connectivity index (χ4v) is 5.93. The zero-order valence-electron chi connectivity index (χ0n) is 15.1. The molecule has 0 aliphatic carbocycles. The van der Waals surface area contributed by atoms with Gasteiger partial charge in [-0.15, -0.1) is 11.3 Å². The Labute approximate surface area is 161 Å². The second kappa shape index (κ2) is 7.91. The van der Waals surface area contributed by atoms with E-state index in [4.69, 9.17) is 0 Å². The number of carbonyl (C=O) groups is 1. The summed E-state index contributed by atoms with van der Waals surface area (Å²) in [6, 6.07) is 7.74. The summed E-state index contributed by atoms with van der Waals surface area (Å²) in [5.41, 5.74) is 0. The Morgan fingerprint density at radius 2 is 2.11 bits per heavy atom. The molecule has 0 saturated carbocycles. The molecule has 0 bridgehead atoms. The van der Waals surface area contributed by atoms with Crippen molar-refractivity contribution in [1.82, 2.24) is 14.6 Å². The maximum atomic E-state index is 13.4. The first-order valence-electron chi connectivity index (χ1n) is 8.50. The van der Waals surface area contributed by atoms with Crippen LogP contribution in [0.15, 0.2) is 34.5 Å². The lowest BCUT2D eigenvalue weighted by atomic mass is 10.2. The zero-order chi connectivity index (χ0) is 19.6. The van der Waals surface area contributed by atoms with Gasteiger partial charge in [-0.05, 0) is 31.2 Å². The lowest BCUT2D eigenvalue weighted by molar-refractivity contribution is -0.119. The van der Waals surface area contributed by atoms with Crippen molar-refractivity contribution in [1.29, 1.82) is 0 Å². The quantitative estimate of drug-likeness (QED) is 0.758. The average Bonchev–Trinajstić information content (AvgIpc) is 3.09. The molecule has 3 heterocycles. The minimum Gasteiger partial charge on any atom is -0.351 e. The molecule has 3 rings (SSSR count). The van der Waals surface area contributed by atoms with E-state index in [1.807, 2.05) is 11.8 Å². The third-order valence-corrected chi connectivity index (χ3v) is 7.75. The number of hydrogen-bond donors (Lipinski definition) is 1. The van der Waals surface area contributed by atoms with Gasteiger partial charge in [-0.1, -0.05) is 6.07 Å². The summed E-state index contributed by atoms with van der Waals surface area (Å²) in [5.74, 6) is -0.211. The highest BCUT2D eigenvalue weighted by atomic mass is 32.2. The molecule has 1 unspecified atom stereocenters. The number of nitrogens with one attached hydrogen (secondary N) is 1. The molecule has 0 radical (unpaired) electrons. The molecule has 1 aliphatic rings. The second-order valence-electron chi connectivity index (χ2n) is 6.35. The normalized spacial score (nSPS) is 18.5. The van der Waals surface area contributed by atoms with Crippen LogP contribution < -0.4 is 10.2 Å². The highest BCUT2D eigenvalue weighted by Gasteiger charge is 2.33. The van der Waals surface area contributed by atoms with Crippen LogP contribution >= 0.6 is 11.3 Å². The van der Waals surface area contributed by atoms with Gasteiger partial charge in [0.15, 0.2) is 0 Å². The van der Waals surface area contributed by atoms with Gasteiger partial charge in [0.05, 0.1) is 6.54 Å². The number of piperazine rings is 1. The number of hydrogen-bond acceptors (Lipinski definition) is 6. The molecule has 1 aliphatic heterocycles. The summed E-state index contributed by atoms with van der Waals surface area (Å²) >= 11 is 1.16. The minimum absolute atomic E-state index is 0.137. The van der Waals surface area contributed by atoms with E-state index in [-0.39, 0.29) is 16.2 Å². The molecular weight excluding hydrogens is 391 g/mol. The van der Waals surface area contributed by atoms with E-state index < -0.39 is 16.0 Å². The van der Waals surface area contributed by atoms with E-state index in [0.29, 0.717) is 32.0 Å². The van der Waals surface area contributed by atoms with E-state index in [0.717, 1.165) is 16.2 Å². The van der Waals surface area contributed by atoms with Crippen LogP contribution in [0.1, 0.15) is 18.7 Å².